The molecule has 1 aliphatic heterocycles. The molecule has 1 aromatic heterocycles. The first kappa shape index (κ1) is 12.7. The van der Waals surface area contributed by atoms with Gasteiger partial charge in [-0.15, -0.1) is 0 Å². The van der Waals surface area contributed by atoms with Gasteiger partial charge in [-0.05, 0) is 43.4 Å². The van der Waals surface area contributed by atoms with E-state index in [1.165, 1.54) is 10.5 Å². The number of pyridine rings is 1. The number of carboxylic acid groups (broad SMARTS) is 1. The summed E-state index contributed by atoms with van der Waals surface area (Å²) in [4.78, 5) is 16.5. The highest BCUT2D eigenvalue weighted by atomic mass is 16.4. The molecule has 0 bridgehead atoms. The molecule has 0 saturated carbocycles. The molecule has 5 heteroatoms. The Bertz CT molecular complexity index is 414. The number of hydrogen-bond acceptors (Lipinski definition) is 3. The molecule has 98 valence electrons. The van der Waals surface area contributed by atoms with E-state index < -0.39 is 6.09 Å². The highest BCUT2D eigenvalue weighted by Gasteiger charge is 2.21. The Labute approximate surface area is 107 Å². The number of piperidine rings is 1. The molecule has 2 N–H and O–H groups in total. The number of aromatic nitrogens is 1. The van der Waals surface area contributed by atoms with Gasteiger partial charge in [-0.1, -0.05) is 0 Å². The quantitative estimate of drug-likeness (QED) is 0.861. The Morgan fingerprint density at radius 2 is 2.28 bits per heavy atom. The lowest BCUT2D eigenvalue weighted by Crippen LogP contribution is -2.39. The second kappa shape index (κ2) is 5.71. The van der Waals surface area contributed by atoms with E-state index in [0.29, 0.717) is 19.0 Å². The highest BCUT2D eigenvalue weighted by molar-refractivity contribution is 5.64. The molecule has 1 amide bonds. The van der Waals surface area contributed by atoms with Crippen molar-refractivity contribution in [3.63, 3.8) is 0 Å². The van der Waals surface area contributed by atoms with Crippen LogP contribution in [0.15, 0.2) is 18.3 Å². The maximum absolute atomic E-state index is 10.8. The topological polar surface area (TPSA) is 65.5 Å². The second-order valence-corrected chi connectivity index (χ2v) is 4.81. The van der Waals surface area contributed by atoms with Gasteiger partial charge in [0.2, 0.25) is 0 Å². The van der Waals surface area contributed by atoms with Crippen LogP contribution in [0.2, 0.25) is 0 Å². The van der Waals surface area contributed by atoms with Gasteiger partial charge in [0.05, 0.1) is 0 Å². The highest BCUT2D eigenvalue weighted by Crippen LogP contribution is 2.18. The fraction of sp³-hybridized carbons (Fsp3) is 0.538. The number of anilines is 1. The van der Waals surface area contributed by atoms with Crippen molar-refractivity contribution in [3.05, 3.63) is 23.9 Å². The number of aryl methyl sites for hydroxylation is 1. The Kier molecular flexibility index (Phi) is 4.02. The summed E-state index contributed by atoms with van der Waals surface area (Å²) in [7, 11) is 0. The second-order valence-electron chi connectivity index (χ2n) is 4.81. The summed E-state index contributed by atoms with van der Waals surface area (Å²) in [5, 5.41) is 12.2. The zero-order valence-corrected chi connectivity index (χ0v) is 10.6. The molecule has 0 unspecified atom stereocenters. The van der Waals surface area contributed by atoms with E-state index in [-0.39, 0.29) is 0 Å². The summed E-state index contributed by atoms with van der Waals surface area (Å²) < 4.78 is 0. The summed E-state index contributed by atoms with van der Waals surface area (Å²) in [6.07, 6.45) is 2.84. The predicted octanol–water partition coefficient (Wildman–Crippen LogP) is 2.19. The molecule has 2 rings (SSSR count). The molecule has 0 aromatic carbocycles. The minimum absolute atomic E-state index is 0.530. The van der Waals surface area contributed by atoms with E-state index in [2.05, 4.69) is 10.3 Å². The van der Waals surface area contributed by atoms with E-state index in [0.717, 1.165) is 25.2 Å². The van der Waals surface area contributed by atoms with E-state index in [1.807, 2.05) is 19.1 Å². The Morgan fingerprint density at radius 3 is 2.89 bits per heavy atom. The van der Waals surface area contributed by atoms with Crippen molar-refractivity contribution in [3.8, 4) is 0 Å². The molecular formula is C13H19N3O2. The zero-order chi connectivity index (χ0) is 13.0. The molecule has 1 saturated heterocycles. The van der Waals surface area contributed by atoms with Crippen molar-refractivity contribution >= 4 is 11.9 Å². The van der Waals surface area contributed by atoms with Crippen LogP contribution in [-0.2, 0) is 0 Å². The lowest BCUT2D eigenvalue weighted by molar-refractivity contribution is 0.126. The molecule has 2 heterocycles. The minimum atomic E-state index is -0.804. The van der Waals surface area contributed by atoms with Crippen molar-refractivity contribution in [1.29, 1.82) is 0 Å². The van der Waals surface area contributed by atoms with Gasteiger partial charge < -0.3 is 15.3 Å². The normalized spacial score (nSPS) is 16.6. The third-order valence-electron chi connectivity index (χ3n) is 3.37. The van der Waals surface area contributed by atoms with Crippen LogP contribution in [0.3, 0.4) is 0 Å². The number of nitrogens with one attached hydrogen (secondary N) is 1. The smallest absolute Gasteiger partial charge is 0.407 e. The van der Waals surface area contributed by atoms with Crippen LogP contribution in [0, 0.1) is 12.8 Å². The van der Waals surface area contributed by atoms with Crippen LogP contribution < -0.4 is 5.32 Å². The zero-order valence-electron chi connectivity index (χ0n) is 10.6. The van der Waals surface area contributed by atoms with Gasteiger partial charge in [0.15, 0.2) is 0 Å². The van der Waals surface area contributed by atoms with Crippen molar-refractivity contribution in [1.82, 2.24) is 9.88 Å². The third-order valence-corrected chi connectivity index (χ3v) is 3.37. The van der Waals surface area contributed by atoms with E-state index in [4.69, 9.17) is 5.11 Å². The monoisotopic (exact) mass is 249 g/mol. The van der Waals surface area contributed by atoms with E-state index in [9.17, 15) is 4.79 Å². The first-order chi connectivity index (χ1) is 8.65. The lowest BCUT2D eigenvalue weighted by Gasteiger charge is -2.30. The summed E-state index contributed by atoms with van der Waals surface area (Å²) in [5.41, 5.74) is 1.19. The van der Waals surface area contributed by atoms with Crippen molar-refractivity contribution in [2.75, 3.05) is 25.0 Å². The van der Waals surface area contributed by atoms with Crippen LogP contribution in [-0.4, -0.2) is 40.7 Å². The number of rotatable bonds is 3. The maximum atomic E-state index is 10.8. The fourth-order valence-electron chi connectivity index (χ4n) is 2.21. The van der Waals surface area contributed by atoms with Gasteiger partial charge in [0.25, 0.3) is 0 Å². The molecule has 1 aliphatic rings. The Balaban J connectivity index is 1.77. The van der Waals surface area contributed by atoms with Gasteiger partial charge >= 0.3 is 6.09 Å². The van der Waals surface area contributed by atoms with E-state index in [1.54, 1.807) is 6.20 Å². The summed E-state index contributed by atoms with van der Waals surface area (Å²) in [6, 6.07) is 3.99. The molecule has 18 heavy (non-hydrogen) atoms. The van der Waals surface area contributed by atoms with E-state index >= 15 is 0 Å². The van der Waals surface area contributed by atoms with Crippen molar-refractivity contribution < 1.29 is 9.90 Å². The number of nitrogens with zero attached hydrogens (tertiary/aromatic N) is 2. The van der Waals surface area contributed by atoms with Crippen molar-refractivity contribution in [2.24, 2.45) is 5.92 Å². The molecule has 0 aliphatic carbocycles. The summed E-state index contributed by atoms with van der Waals surface area (Å²) >= 11 is 0. The van der Waals surface area contributed by atoms with Crippen LogP contribution in [0.4, 0.5) is 10.6 Å². The molecule has 1 aromatic rings. The maximum Gasteiger partial charge on any atom is 0.407 e. The van der Waals surface area contributed by atoms with Gasteiger partial charge in [0, 0.05) is 25.8 Å². The largest absolute Gasteiger partial charge is 0.465 e. The number of likely N-dealkylation sites (tertiary alicyclic amines) is 1. The summed E-state index contributed by atoms with van der Waals surface area (Å²) in [5.74, 6) is 1.43. The summed E-state index contributed by atoms with van der Waals surface area (Å²) in [6.45, 7) is 4.19. The lowest BCUT2D eigenvalue weighted by atomic mass is 9.97. The van der Waals surface area contributed by atoms with Crippen LogP contribution >= 0.6 is 0 Å². The molecule has 0 atom stereocenters. The Hall–Kier alpha value is -1.78. The van der Waals surface area contributed by atoms with Gasteiger partial charge in [-0.25, -0.2) is 9.78 Å². The molecule has 1 fully saturated rings. The molecule has 0 radical (unpaired) electrons. The third kappa shape index (κ3) is 3.35. The average molecular weight is 249 g/mol. The van der Waals surface area contributed by atoms with Gasteiger partial charge in [0.1, 0.15) is 5.82 Å². The average Bonchev–Trinajstić information content (AvgIpc) is 2.37. The first-order valence-electron chi connectivity index (χ1n) is 6.29. The van der Waals surface area contributed by atoms with Crippen LogP contribution in [0.5, 0.6) is 0 Å². The predicted molar refractivity (Wildman–Crippen MR) is 69.8 cm³/mol. The Morgan fingerprint density at radius 1 is 1.56 bits per heavy atom. The standard InChI is InChI=1S/C13H19N3O2/c1-10-2-5-14-12(8-10)15-9-11-3-6-16(7-4-11)13(17)18/h2,5,8,11H,3-4,6-7,9H2,1H3,(H,14,15)(H,17,18). The van der Waals surface area contributed by atoms with Crippen LogP contribution in [0.25, 0.3) is 0 Å². The number of carbonyl (C=O) groups is 1. The molecular weight excluding hydrogens is 230 g/mol. The molecule has 0 spiro atoms. The first-order valence-corrected chi connectivity index (χ1v) is 6.29. The fourth-order valence-corrected chi connectivity index (χ4v) is 2.21. The minimum Gasteiger partial charge on any atom is -0.465 e. The van der Waals surface area contributed by atoms with Gasteiger partial charge in [-0.3, -0.25) is 0 Å². The van der Waals surface area contributed by atoms with Gasteiger partial charge in [-0.2, -0.15) is 0 Å². The SMILES string of the molecule is Cc1ccnc(NCC2CCN(C(=O)O)CC2)c1. The van der Waals surface area contributed by atoms with Crippen LogP contribution in [0.1, 0.15) is 18.4 Å². The number of amides is 1. The molecule has 5 nitrogen and oxygen atoms in total. The number of hydrogen-bond donors (Lipinski definition) is 2. The van der Waals surface area contributed by atoms with Crippen molar-refractivity contribution in [2.45, 2.75) is 19.8 Å².